The van der Waals surface area contributed by atoms with Crippen LogP contribution in [0.3, 0.4) is 0 Å². The maximum absolute atomic E-state index is 12.7. The summed E-state index contributed by atoms with van der Waals surface area (Å²) in [6, 6.07) is 7.92. The summed E-state index contributed by atoms with van der Waals surface area (Å²) in [7, 11) is 2.89. The molecule has 0 aliphatic heterocycles. The molecule has 0 unspecified atom stereocenters. The number of carbonyl (C=O) groups excluding carboxylic acids is 1. The fourth-order valence-electron chi connectivity index (χ4n) is 2.78. The SMILES string of the molecule is COc1cc(OC)nc(N(CCC(=O)O)c2ccc(C(=O)Nc3c(Cl)cncc3Cl)cc2)n1. The Morgan fingerprint density at radius 2 is 1.61 bits per heavy atom. The number of aliphatic carboxylic acids is 1. The minimum Gasteiger partial charge on any atom is -0.481 e. The van der Waals surface area contributed by atoms with E-state index in [1.807, 2.05) is 0 Å². The number of anilines is 3. The number of methoxy groups -OCH3 is 2. The first-order chi connectivity index (χ1) is 15.8. The zero-order valence-electron chi connectivity index (χ0n) is 17.6. The zero-order valence-corrected chi connectivity index (χ0v) is 19.1. The van der Waals surface area contributed by atoms with Crippen molar-refractivity contribution in [2.24, 2.45) is 0 Å². The molecule has 33 heavy (non-hydrogen) atoms. The fraction of sp³-hybridized carbons (Fsp3) is 0.190. The lowest BCUT2D eigenvalue weighted by Gasteiger charge is -2.23. The van der Waals surface area contributed by atoms with Crippen LogP contribution in [0.2, 0.25) is 10.0 Å². The molecular weight excluding hydrogens is 473 g/mol. The zero-order chi connectivity index (χ0) is 24.0. The number of pyridine rings is 1. The molecule has 1 amide bonds. The summed E-state index contributed by atoms with van der Waals surface area (Å²) in [5.74, 6) is -0.747. The number of nitrogens with one attached hydrogen (secondary N) is 1. The van der Waals surface area contributed by atoms with Crippen LogP contribution >= 0.6 is 23.2 Å². The first kappa shape index (κ1) is 24.0. The second-order valence-corrected chi connectivity index (χ2v) is 7.34. The number of rotatable bonds is 9. The highest BCUT2D eigenvalue weighted by atomic mass is 35.5. The molecule has 0 aliphatic rings. The molecule has 0 atom stereocenters. The van der Waals surface area contributed by atoms with E-state index in [0.29, 0.717) is 11.3 Å². The molecule has 2 heterocycles. The van der Waals surface area contributed by atoms with Gasteiger partial charge >= 0.3 is 5.97 Å². The van der Waals surface area contributed by atoms with E-state index in [-0.39, 0.29) is 46.4 Å². The Hall–Kier alpha value is -3.63. The average molecular weight is 492 g/mol. The Morgan fingerprint density at radius 1 is 1.03 bits per heavy atom. The van der Waals surface area contributed by atoms with Crippen molar-refractivity contribution in [3.63, 3.8) is 0 Å². The topological polar surface area (TPSA) is 127 Å². The largest absolute Gasteiger partial charge is 0.481 e. The number of halogens is 2. The van der Waals surface area contributed by atoms with E-state index in [2.05, 4.69) is 20.3 Å². The molecule has 0 spiro atoms. The Bertz CT molecular complexity index is 1120. The van der Waals surface area contributed by atoms with Crippen molar-refractivity contribution in [3.05, 3.63) is 58.3 Å². The third-order valence-corrected chi connectivity index (χ3v) is 4.98. The molecule has 2 aromatic heterocycles. The van der Waals surface area contributed by atoms with Crippen LogP contribution in [-0.4, -0.2) is 52.7 Å². The van der Waals surface area contributed by atoms with Crippen LogP contribution in [0.15, 0.2) is 42.7 Å². The number of benzene rings is 1. The van der Waals surface area contributed by atoms with E-state index < -0.39 is 11.9 Å². The lowest BCUT2D eigenvalue weighted by Crippen LogP contribution is -2.23. The van der Waals surface area contributed by atoms with Gasteiger partial charge in [0.1, 0.15) is 0 Å². The number of hydrogen-bond donors (Lipinski definition) is 2. The molecule has 2 N–H and O–H groups in total. The smallest absolute Gasteiger partial charge is 0.305 e. The van der Waals surface area contributed by atoms with E-state index in [1.54, 1.807) is 29.2 Å². The Balaban J connectivity index is 1.89. The number of amides is 1. The molecule has 0 aliphatic carbocycles. The van der Waals surface area contributed by atoms with E-state index in [9.17, 15) is 9.59 Å². The number of aromatic nitrogens is 3. The molecule has 0 fully saturated rings. The van der Waals surface area contributed by atoms with Gasteiger partial charge in [-0.3, -0.25) is 14.6 Å². The van der Waals surface area contributed by atoms with Crippen LogP contribution in [0, 0.1) is 0 Å². The van der Waals surface area contributed by atoms with Gasteiger partial charge in [0, 0.05) is 30.2 Å². The predicted molar refractivity (Wildman–Crippen MR) is 123 cm³/mol. The third kappa shape index (κ3) is 5.99. The van der Waals surface area contributed by atoms with Gasteiger partial charge in [0.25, 0.3) is 5.91 Å². The summed E-state index contributed by atoms with van der Waals surface area (Å²) in [5.41, 5.74) is 1.13. The summed E-state index contributed by atoms with van der Waals surface area (Å²) in [6.45, 7) is 0.0689. The van der Waals surface area contributed by atoms with Gasteiger partial charge in [-0.15, -0.1) is 0 Å². The molecule has 3 rings (SSSR count). The number of nitrogens with zero attached hydrogens (tertiary/aromatic N) is 4. The van der Waals surface area contributed by atoms with Gasteiger partial charge in [-0.05, 0) is 24.3 Å². The second kappa shape index (κ2) is 10.8. The van der Waals surface area contributed by atoms with Crippen molar-refractivity contribution in [1.29, 1.82) is 0 Å². The Labute approximate surface area is 199 Å². The highest BCUT2D eigenvalue weighted by Crippen LogP contribution is 2.30. The van der Waals surface area contributed by atoms with E-state index >= 15 is 0 Å². The number of hydrogen-bond acceptors (Lipinski definition) is 8. The van der Waals surface area contributed by atoms with Crippen LogP contribution in [-0.2, 0) is 4.79 Å². The number of carboxylic acids is 1. The first-order valence-electron chi connectivity index (χ1n) is 9.49. The number of carboxylic acid groups (broad SMARTS) is 1. The average Bonchev–Trinajstić information content (AvgIpc) is 2.81. The van der Waals surface area contributed by atoms with Gasteiger partial charge < -0.3 is 24.8 Å². The molecule has 3 aromatic rings. The molecule has 0 radical (unpaired) electrons. The van der Waals surface area contributed by atoms with Crippen LogP contribution in [0.5, 0.6) is 11.8 Å². The van der Waals surface area contributed by atoms with Gasteiger partial charge in [0.05, 0.1) is 42.4 Å². The lowest BCUT2D eigenvalue weighted by atomic mass is 10.1. The first-order valence-corrected chi connectivity index (χ1v) is 10.2. The Morgan fingerprint density at radius 3 is 2.12 bits per heavy atom. The molecule has 0 saturated carbocycles. The van der Waals surface area contributed by atoms with Crippen molar-refractivity contribution in [2.75, 3.05) is 31.0 Å². The molecular formula is C21H19Cl2N5O5. The maximum atomic E-state index is 12.7. The molecule has 10 nitrogen and oxygen atoms in total. The lowest BCUT2D eigenvalue weighted by molar-refractivity contribution is -0.136. The quantitative estimate of drug-likeness (QED) is 0.455. The maximum Gasteiger partial charge on any atom is 0.305 e. The predicted octanol–water partition coefficient (Wildman–Crippen LogP) is 4.06. The van der Waals surface area contributed by atoms with Crippen LogP contribution in [0.1, 0.15) is 16.8 Å². The molecule has 0 bridgehead atoms. The van der Waals surface area contributed by atoms with Gasteiger partial charge in [-0.1, -0.05) is 23.2 Å². The van der Waals surface area contributed by atoms with Crippen LogP contribution in [0.25, 0.3) is 0 Å². The van der Waals surface area contributed by atoms with Gasteiger partial charge in [0.2, 0.25) is 17.7 Å². The van der Waals surface area contributed by atoms with E-state index in [1.165, 1.54) is 32.7 Å². The van der Waals surface area contributed by atoms with Crippen LogP contribution < -0.4 is 19.7 Å². The summed E-state index contributed by atoms with van der Waals surface area (Å²) in [5, 5.41) is 12.2. The summed E-state index contributed by atoms with van der Waals surface area (Å²) in [4.78, 5) is 37.9. The summed E-state index contributed by atoms with van der Waals surface area (Å²) < 4.78 is 10.4. The van der Waals surface area contributed by atoms with Crippen molar-refractivity contribution in [2.45, 2.75) is 6.42 Å². The fourth-order valence-corrected chi connectivity index (χ4v) is 3.24. The van der Waals surface area contributed by atoms with Crippen molar-refractivity contribution in [1.82, 2.24) is 15.0 Å². The summed E-state index contributed by atoms with van der Waals surface area (Å²) >= 11 is 12.1. The van der Waals surface area contributed by atoms with Gasteiger partial charge in [-0.25, -0.2) is 0 Å². The van der Waals surface area contributed by atoms with Crippen molar-refractivity contribution in [3.8, 4) is 11.8 Å². The monoisotopic (exact) mass is 491 g/mol. The normalized spacial score (nSPS) is 10.4. The highest BCUT2D eigenvalue weighted by Gasteiger charge is 2.18. The van der Waals surface area contributed by atoms with Gasteiger partial charge in [0.15, 0.2) is 0 Å². The number of carbonyl (C=O) groups is 2. The molecule has 12 heteroatoms. The summed E-state index contributed by atoms with van der Waals surface area (Å²) in [6.07, 6.45) is 2.56. The Kier molecular flexibility index (Phi) is 7.86. The molecule has 172 valence electrons. The van der Waals surface area contributed by atoms with Gasteiger partial charge in [-0.2, -0.15) is 9.97 Å². The standard InChI is InChI=1S/C21H19Cl2N5O5/c1-32-16-9-17(33-2)26-21(25-16)28(8-7-18(29)30)13-5-3-12(4-6-13)20(31)27-19-14(22)10-24-11-15(19)23/h3-6,9-11H,7-8H2,1-2H3,(H,29,30)(H,24,27,31). The second-order valence-electron chi connectivity index (χ2n) is 6.53. The van der Waals surface area contributed by atoms with E-state index in [4.69, 9.17) is 37.8 Å². The van der Waals surface area contributed by atoms with Crippen LogP contribution in [0.4, 0.5) is 17.3 Å². The molecule has 1 aromatic carbocycles. The molecule has 0 saturated heterocycles. The highest BCUT2D eigenvalue weighted by molar-refractivity contribution is 6.39. The number of ether oxygens (including phenoxy) is 2. The van der Waals surface area contributed by atoms with Crippen molar-refractivity contribution >= 4 is 52.4 Å². The minimum absolute atomic E-state index is 0.0689. The third-order valence-electron chi connectivity index (χ3n) is 4.41. The van der Waals surface area contributed by atoms with E-state index in [0.717, 1.165) is 0 Å². The van der Waals surface area contributed by atoms with Crippen molar-refractivity contribution < 1.29 is 24.2 Å². The minimum atomic E-state index is -0.989.